The van der Waals surface area contributed by atoms with Crippen LogP contribution in [0.4, 0.5) is 0 Å². The van der Waals surface area contributed by atoms with Crippen LogP contribution < -0.4 is 5.32 Å². The van der Waals surface area contributed by atoms with E-state index >= 15 is 0 Å². The minimum Gasteiger partial charge on any atom is -0.441 e. The molecule has 0 radical (unpaired) electrons. The minimum atomic E-state index is -3.33. The van der Waals surface area contributed by atoms with Crippen LogP contribution in [-0.2, 0) is 22.1 Å². The van der Waals surface area contributed by atoms with Gasteiger partial charge in [0.1, 0.15) is 5.76 Å². The molecule has 1 aliphatic heterocycles. The molecule has 2 fully saturated rings. The summed E-state index contributed by atoms with van der Waals surface area (Å²) in [5.41, 5.74) is 2.60. The first kappa shape index (κ1) is 25.6. The van der Waals surface area contributed by atoms with Crippen molar-refractivity contribution in [3.8, 4) is 11.5 Å². The van der Waals surface area contributed by atoms with Crippen LogP contribution >= 0.6 is 0 Å². The Morgan fingerprint density at radius 2 is 1.81 bits per heavy atom. The fraction of sp³-hybridized carbons (Fsp3) is 0.464. The first-order valence-corrected chi connectivity index (χ1v) is 14.8. The molecular weight excluding hydrogens is 488 g/mol. The number of hydrogen-bond acceptors (Lipinski definition) is 7. The lowest BCUT2D eigenvalue weighted by Gasteiger charge is -2.35. The highest BCUT2D eigenvalue weighted by atomic mass is 32.2. The Kier molecular flexibility index (Phi) is 7.71. The second-order valence-corrected chi connectivity index (χ2v) is 12.4. The molecule has 3 aromatic rings. The number of piperidine rings is 1. The zero-order valence-electron chi connectivity index (χ0n) is 21.2. The molecule has 0 atom stereocenters. The molecule has 1 amide bonds. The van der Waals surface area contributed by atoms with Crippen molar-refractivity contribution in [2.75, 3.05) is 13.1 Å². The van der Waals surface area contributed by atoms with E-state index in [9.17, 15) is 13.2 Å². The number of hydrogen-bond donors (Lipinski definition) is 1. The number of aromatic nitrogens is 2. The van der Waals surface area contributed by atoms with Gasteiger partial charge in [0.15, 0.2) is 9.84 Å². The van der Waals surface area contributed by atoms with Gasteiger partial charge in [-0.05, 0) is 81.6 Å². The predicted octanol–water partition coefficient (Wildman–Crippen LogP) is 4.30. The highest BCUT2D eigenvalue weighted by Gasteiger charge is 2.34. The highest BCUT2D eigenvalue weighted by molar-refractivity contribution is 7.91. The molecule has 2 aromatic heterocycles. The van der Waals surface area contributed by atoms with Crippen LogP contribution in [0.1, 0.15) is 65.9 Å². The van der Waals surface area contributed by atoms with Crippen LogP contribution in [0.3, 0.4) is 0 Å². The largest absolute Gasteiger partial charge is 0.441 e. The van der Waals surface area contributed by atoms with Crippen LogP contribution in [0.15, 0.2) is 53.2 Å². The van der Waals surface area contributed by atoms with E-state index in [1.165, 1.54) is 25.7 Å². The fourth-order valence-electron chi connectivity index (χ4n) is 5.41. The van der Waals surface area contributed by atoms with Crippen molar-refractivity contribution in [3.05, 3.63) is 71.4 Å². The molecule has 0 bridgehead atoms. The molecule has 1 saturated heterocycles. The van der Waals surface area contributed by atoms with Crippen molar-refractivity contribution < 1.29 is 17.6 Å². The van der Waals surface area contributed by atoms with Crippen molar-refractivity contribution in [2.24, 2.45) is 0 Å². The third kappa shape index (κ3) is 6.10. The summed E-state index contributed by atoms with van der Waals surface area (Å²) in [6.45, 7) is 3.87. The van der Waals surface area contributed by atoms with E-state index in [1.807, 2.05) is 12.1 Å². The Morgan fingerprint density at radius 3 is 2.49 bits per heavy atom. The third-order valence-electron chi connectivity index (χ3n) is 7.63. The maximum absolute atomic E-state index is 13.2. The Morgan fingerprint density at radius 1 is 1.08 bits per heavy atom. The Balaban J connectivity index is 1.19. The molecule has 37 heavy (non-hydrogen) atoms. The average Bonchev–Trinajstić information content (AvgIpc) is 3.58. The maximum atomic E-state index is 13.2. The Bertz CT molecular complexity index is 1310. The number of oxazole rings is 1. The zero-order chi connectivity index (χ0) is 25.8. The molecule has 1 aliphatic carbocycles. The number of likely N-dealkylation sites (tertiary alicyclic amines) is 1. The normalized spacial score (nSPS) is 17.8. The van der Waals surface area contributed by atoms with E-state index in [0.29, 0.717) is 53.9 Å². The number of carbonyl (C=O) groups excluding carboxylic acids is 1. The van der Waals surface area contributed by atoms with Gasteiger partial charge >= 0.3 is 0 Å². The predicted molar refractivity (Wildman–Crippen MR) is 142 cm³/mol. The number of amides is 1. The third-order valence-corrected chi connectivity index (χ3v) is 9.79. The standard InChI is InChI=1S/C28H34N4O4S/c1-20-26(19-37(34,35)25-12-15-32(16-13-25)24-6-2-3-7-24)31-28(36-20)23-10-8-22(9-11-23)27(33)30-18-21-5-4-14-29-17-21/h4-5,8-11,14,17,24-25H,2-3,6-7,12-13,15-16,18-19H2,1H3,(H,30,33). The summed E-state index contributed by atoms with van der Waals surface area (Å²) < 4.78 is 32.3. The van der Waals surface area contributed by atoms with Crippen LogP contribution in [0.2, 0.25) is 0 Å². The van der Waals surface area contributed by atoms with Crippen molar-refractivity contribution in [3.63, 3.8) is 0 Å². The van der Waals surface area contributed by atoms with Gasteiger partial charge in [-0.2, -0.15) is 0 Å². The lowest BCUT2D eigenvalue weighted by atomic mass is 10.1. The molecule has 1 aromatic carbocycles. The molecule has 0 unspecified atom stereocenters. The van der Waals surface area contributed by atoms with Gasteiger partial charge in [0.2, 0.25) is 5.89 Å². The quantitative estimate of drug-likeness (QED) is 0.470. The second-order valence-electron chi connectivity index (χ2n) is 10.1. The highest BCUT2D eigenvalue weighted by Crippen LogP contribution is 2.30. The number of sulfone groups is 1. The number of nitrogens with zero attached hydrogens (tertiary/aromatic N) is 3. The molecular formula is C28H34N4O4S. The van der Waals surface area contributed by atoms with Gasteiger partial charge < -0.3 is 14.6 Å². The van der Waals surface area contributed by atoms with E-state index < -0.39 is 9.84 Å². The van der Waals surface area contributed by atoms with Crippen molar-refractivity contribution in [1.29, 1.82) is 0 Å². The number of carbonyl (C=O) groups is 1. The number of rotatable bonds is 8. The number of benzene rings is 1. The summed E-state index contributed by atoms with van der Waals surface area (Å²) >= 11 is 0. The lowest BCUT2D eigenvalue weighted by molar-refractivity contribution is 0.0951. The minimum absolute atomic E-state index is 0.106. The summed E-state index contributed by atoms with van der Waals surface area (Å²) in [6.07, 6.45) is 9.85. The van der Waals surface area contributed by atoms with Gasteiger partial charge in [-0.3, -0.25) is 9.78 Å². The Labute approximate surface area is 218 Å². The average molecular weight is 523 g/mol. The molecule has 0 spiro atoms. The first-order valence-electron chi connectivity index (χ1n) is 13.1. The summed E-state index contributed by atoms with van der Waals surface area (Å²) in [5, 5.41) is 2.55. The number of nitrogens with one attached hydrogen (secondary N) is 1. The van der Waals surface area contributed by atoms with E-state index in [1.54, 1.807) is 43.6 Å². The van der Waals surface area contributed by atoms with Gasteiger partial charge in [-0.25, -0.2) is 13.4 Å². The van der Waals surface area contributed by atoms with E-state index in [4.69, 9.17) is 4.42 Å². The van der Waals surface area contributed by atoms with Crippen LogP contribution in [0.5, 0.6) is 0 Å². The van der Waals surface area contributed by atoms with Crippen LogP contribution in [0.25, 0.3) is 11.5 Å². The fourth-order valence-corrected chi connectivity index (χ4v) is 7.23. The molecule has 9 heteroatoms. The molecule has 1 saturated carbocycles. The smallest absolute Gasteiger partial charge is 0.251 e. The van der Waals surface area contributed by atoms with E-state index in [2.05, 4.69) is 20.2 Å². The van der Waals surface area contributed by atoms with Gasteiger partial charge in [0.25, 0.3) is 5.91 Å². The van der Waals surface area contributed by atoms with Crippen molar-refractivity contribution in [2.45, 2.75) is 69.0 Å². The van der Waals surface area contributed by atoms with Gasteiger partial charge in [0.05, 0.1) is 16.7 Å². The summed E-state index contributed by atoms with van der Waals surface area (Å²) in [4.78, 5) is 23.5. The molecule has 8 nitrogen and oxygen atoms in total. The summed E-state index contributed by atoms with van der Waals surface area (Å²) in [5.74, 6) is 0.580. The lowest BCUT2D eigenvalue weighted by Crippen LogP contribution is -2.44. The molecule has 1 N–H and O–H groups in total. The topological polar surface area (TPSA) is 105 Å². The first-order chi connectivity index (χ1) is 17.9. The van der Waals surface area contributed by atoms with Gasteiger partial charge in [-0.15, -0.1) is 0 Å². The van der Waals surface area contributed by atoms with Crippen LogP contribution in [-0.4, -0.2) is 53.6 Å². The van der Waals surface area contributed by atoms with E-state index in [-0.39, 0.29) is 16.9 Å². The Hall–Kier alpha value is -3.04. The van der Waals surface area contributed by atoms with Gasteiger partial charge in [-0.1, -0.05) is 18.9 Å². The second kappa shape index (κ2) is 11.1. The summed E-state index contributed by atoms with van der Waals surface area (Å²) in [7, 11) is -3.33. The molecule has 3 heterocycles. The molecule has 5 rings (SSSR count). The van der Waals surface area contributed by atoms with Crippen LogP contribution in [0, 0.1) is 6.92 Å². The number of pyridine rings is 1. The monoisotopic (exact) mass is 522 g/mol. The summed E-state index contributed by atoms with van der Waals surface area (Å²) in [6, 6.07) is 11.3. The maximum Gasteiger partial charge on any atom is 0.251 e. The van der Waals surface area contributed by atoms with E-state index in [0.717, 1.165) is 18.7 Å². The number of aryl methyl sites for hydroxylation is 1. The zero-order valence-corrected chi connectivity index (χ0v) is 22.0. The molecule has 2 aliphatic rings. The SMILES string of the molecule is Cc1oc(-c2ccc(C(=O)NCc3cccnc3)cc2)nc1CS(=O)(=O)C1CCN(C2CCCC2)CC1. The molecule has 196 valence electrons. The van der Waals surface area contributed by atoms with Crippen molar-refractivity contribution >= 4 is 15.7 Å². The van der Waals surface area contributed by atoms with Gasteiger partial charge in [0, 0.05) is 36.1 Å². The van der Waals surface area contributed by atoms with Crippen molar-refractivity contribution in [1.82, 2.24) is 20.2 Å².